The minimum absolute atomic E-state index is 0.0523. The van der Waals surface area contributed by atoms with Crippen molar-refractivity contribution < 1.29 is 23.4 Å². The molecule has 3 heterocycles. The number of hydrogen-bond acceptors (Lipinski definition) is 8. The van der Waals surface area contributed by atoms with Crippen molar-refractivity contribution in [3.05, 3.63) is 83.7 Å². The van der Waals surface area contributed by atoms with Crippen LogP contribution in [0.1, 0.15) is 5.56 Å². The van der Waals surface area contributed by atoms with Crippen molar-refractivity contribution >= 4 is 79.2 Å². The Morgan fingerprint density at radius 1 is 1.05 bits per heavy atom. The Morgan fingerprint density at radius 3 is 2.57 bits per heavy atom. The van der Waals surface area contributed by atoms with E-state index in [1.165, 1.54) is 4.68 Å². The quantitative estimate of drug-likeness (QED) is 0.166. The molecule has 3 aromatic carbocycles. The van der Waals surface area contributed by atoms with Gasteiger partial charge in [0.25, 0.3) is 11.5 Å². The SMILES string of the molecule is COc1cccc2oc(-c3nc4ccccc4c(=O)n3N=Cc3cc(I)c(OCC(=O)N4CCOCC4)c(I)c3)cc12. The van der Waals surface area contributed by atoms with Crippen LogP contribution in [0.15, 0.2) is 75.0 Å². The van der Waals surface area contributed by atoms with Crippen molar-refractivity contribution in [3.8, 4) is 23.1 Å². The van der Waals surface area contributed by atoms with Gasteiger partial charge < -0.3 is 23.5 Å². The van der Waals surface area contributed by atoms with E-state index in [0.717, 1.165) is 18.1 Å². The average molecular weight is 790 g/mol. The number of halogens is 2. The van der Waals surface area contributed by atoms with Gasteiger partial charge in [0.1, 0.15) is 17.1 Å². The second-order valence-electron chi connectivity index (χ2n) is 9.39. The monoisotopic (exact) mass is 790 g/mol. The summed E-state index contributed by atoms with van der Waals surface area (Å²) in [5.41, 5.74) is 1.56. The number of fused-ring (bicyclic) bond motifs is 2. The zero-order valence-corrected chi connectivity index (χ0v) is 26.7. The van der Waals surface area contributed by atoms with Crippen molar-refractivity contribution in [2.75, 3.05) is 40.0 Å². The smallest absolute Gasteiger partial charge is 0.282 e. The van der Waals surface area contributed by atoms with Crippen molar-refractivity contribution in [2.24, 2.45) is 5.10 Å². The Balaban J connectivity index is 1.34. The maximum Gasteiger partial charge on any atom is 0.282 e. The van der Waals surface area contributed by atoms with Gasteiger partial charge in [0.15, 0.2) is 12.4 Å². The van der Waals surface area contributed by atoms with Crippen LogP contribution in [-0.2, 0) is 9.53 Å². The normalized spacial score (nSPS) is 13.7. The first-order chi connectivity index (χ1) is 20.4. The van der Waals surface area contributed by atoms with E-state index in [1.807, 2.05) is 36.4 Å². The Labute approximate surface area is 267 Å². The first-order valence-corrected chi connectivity index (χ1v) is 15.2. The number of nitrogens with zero attached hydrogens (tertiary/aromatic N) is 4. The summed E-state index contributed by atoms with van der Waals surface area (Å²) in [6, 6.07) is 18.2. The molecule has 0 N–H and O–H groups in total. The standard InChI is InChI=1S/C30H24I2N4O6/c1-39-24-7-4-8-25-20(24)15-26(42-25)29-34-23-6-3-2-5-19(23)30(38)36(29)33-16-18-13-21(31)28(22(32)14-18)41-17-27(37)35-9-11-40-12-10-35/h2-8,13-16H,9-12,17H2,1H3. The lowest BCUT2D eigenvalue weighted by molar-refractivity contribution is -0.137. The van der Waals surface area contributed by atoms with Crippen LogP contribution >= 0.6 is 45.2 Å². The van der Waals surface area contributed by atoms with Crippen LogP contribution in [-0.4, -0.2) is 66.7 Å². The fourth-order valence-electron chi connectivity index (χ4n) is 4.67. The number of benzene rings is 3. The molecular formula is C30H24I2N4O6. The van der Waals surface area contributed by atoms with Gasteiger partial charge in [0, 0.05) is 13.1 Å². The number of ether oxygens (including phenoxy) is 3. The zero-order chi connectivity index (χ0) is 29.2. The van der Waals surface area contributed by atoms with Crippen LogP contribution in [0.3, 0.4) is 0 Å². The van der Waals surface area contributed by atoms with Crippen LogP contribution in [0, 0.1) is 7.14 Å². The number of para-hydroxylation sites is 1. The first kappa shape index (κ1) is 28.6. The van der Waals surface area contributed by atoms with Gasteiger partial charge in [-0.25, -0.2) is 4.98 Å². The third-order valence-corrected chi connectivity index (χ3v) is 8.36. The van der Waals surface area contributed by atoms with E-state index in [0.29, 0.717) is 60.0 Å². The summed E-state index contributed by atoms with van der Waals surface area (Å²) in [6.45, 7) is 2.16. The number of hydrogen-bond donors (Lipinski definition) is 0. The van der Waals surface area contributed by atoms with Gasteiger partial charge in [-0.3, -0.25) is 9.59 Å². The van der Waals surface area contributed by atoms with Gasteiger partial charge in [-0.05, 0) is 93.2 Å². The highest BCUT2D eigenvalue weighted by Crippen LogP contribution is 2.33. The van der Waals surface area contributed by atoms with Crippen LogP contribution in [0.25, 0.3) is 33.5 Å². The van der Waals surface area contributed by atoms with Crippen LogP contribution in [0.4, 0.5) is 0 Å². The zero-order valence-electron chi connectivity index (χ0n) is 22.4. The summed E-state index contributed by atoms with van der Waals surface area (Å²) >= 11 is 4.34. The van der Waals surface area contributed by atoms with Crippen molar-refractivity contribution in [1.29, 1.82) is 0 Å². The topological polar surface area (TPSA) is 108 Å². The molecule has 1 aliphatic rings. The Morgan fingerprint density at radius 2 is 1.81 bits per heavy atom. The van der Waals surface area contributed by atoms with Gasteiger partial charge in [-0.1, -0.05) is 18.2 Å². The van der Waals surface area contributed by atoms with E-state index in [9.17, 15) is 9.59 Å². The number of carbonyl (C=O) groups excluding carboxylic acids is 1. The summed E-state index contributed by atoms with van der Waals surface area (Å²) in [5, 5.41) is 5.77. The highest BCUT2D eigenvalue weighted by molar-refractivity contribution is 14.1. The molecule has 1 saturated heterocycles. The average Bonchev–Trinajstić information content (AvgIpc) is 3.45. The minimum atomic E-state index is -0.328. The molecule has 2 aromatic heterocycles. The molecule has 0 unspecified atom stereocenters. The van der Waals surface area contributed by atoms with Gasteiger partial charge in [-0.2, -0.15) is 9.78 Å². The predicted octanol–water partition coefficient (Wildman–Crippen LogP) is 5.15. The molecule has 10 nitrogen and oxygen atoms in total. The summed E-state index contributed by atoms with van der Waals surface area (Å²) < 4.78 is 25.7. The van der Waals surface area contributed by atoms with Gasteiger partial charge >= 0.3 is 0 Å². The third kappa shape index (κ3) is 5.74. The molecular weight excluding hydrogens is 766 g/mol. The number of carbonyl (C=O) groups is 1. The van der Waals surface area contributed by atoms with E-state index < -0.39 is 0 Å². The fourth-order valence-corrected chi connectivity index (χ4v) is 6.79. The van der Waals surface area contributed by atoms with Gasteiger partial charge in [0.05, 0.1) is 50.0 Å². The number of morpholine rings is 1. The molecule has 0 atom stereocenters. The summed E-state index contributed by atoms with van der Waals surface area (Å²) in [7, 11) is 1.59. The van der Waals surface area contributed by atoms with Gasteiger partial charge in [-0.15, -0.1) is 0 Å². The lowest BCUT2D eigenvalue weighted by Crippen LogP contribution is -2.43. The molecule has 1 aliphatic heterocycles. The summed E-state index contributed by atoms with van der Waals surface area (Å²) in [5.74, 6) is 1.84. The number of rotatable bonds is 7. The first-order valence-electron chi connectivity index (χ1n) is 13.0. The lowest BCUT2D eigenvalue weighted by atomic mass is 10.2. The van der Waals surface area contributed by atoms with Crippen molar-refractivity contribution in [2.45, 2.75) is 0 Å². The fraction of sp³-hybridized carbons (Fsp3) is 0.200. The molecule has 0 aliphatic carbocycles. The molecule has 1 fully saturated rings. The Hall–Kier alpha value is -3.50. The molecule has 6 rings (SSSR count). The molecule has 12 heteroatoms. The molecule has 5 aromatic rings. The van der Waals surface area contributed by atoms with E-state index in [4.69, 9.17) is 23.6 Å². The molecule has 214 valence electrons. The lowest BCUT2D eigenvalue weighted by Gasteiger charge is -2.26. The maximum absolute atomic E-state index is 13.6. The second kappa shape index (κ2) is 12.4. The van der Waals surface area contributed by atoms with E-state index in [-0.39, 0.29) is 23.9 Å². The van der Waals surface area contributed by atoms with Crippen LogP contribution in [0.5, 0.6) is 11.5 Å². The molecule has 0 spiro atoms. The van der Waals surface area contributed by atoms with E-state index in [2.05, 4.69) is 50.3 Å². The highest BCUT2D eigenvalue weighted by atomic mass is 127. The molecule has 1 amide bonds. The third-order valence-electron chi connectivity index (χ3n) is 6.76. The molecule has 0 bridgehead atoms. The Bertz CT molecular complexity index is 1870. The van der Waals surface area contributed by atoms with Crippen LogP contribution < -0.4 is 15.0 Å². The largest absolute Gasteiger partial charge is 0.496 e. The summed E-state index contributed by atoms with van der Waals surface area (Å²) in [6.07, 6.45) is 1.59. The number of aromatic nitrogens is 2. The molecule has 0 radical (unpaired) electrons. The van der Waals surface area contributed by atoms with Gasteiger partial charge in [0.2, 0.25) is 5.82 Å². The second-order valence-corrected chi connectivity index (χ2v) is 11.7. The van der Waals surface area contributed by atoms with Crippen LogP contribution in [0.2, 0.25) is 0 Å². The van der Waals surface area contributed by atoms with E-state index >= 15 is 0 Å². The van der Waals surface area contributed by atoms with E-state index in [1.54, 1.807) is 42.5 Å². The van der Waals surface area contributed by atoms with Crippen molar-refractivity contribution in [1.82, 2.24) is 14.6 Å². The number of amides is 1. The maximum atomic E-state index is 13.6. The number of methoxy groups -OCH3 is 1. The predicted molar refractivity (Wildman–Crippen MR) is 176 cm³/mol. The molecule has 42 heavy (non-hydrogen) atoms. The number of furan rings is 1. The minimum Gasteiger partial charge on any atom is -0.496 e. The Kier molecular flexibility index (Phi) is 8.44. The highest BCUT2D eigenvalue weighted by Gasteiger charge is 2.20. The molecule has 0 saturated carbocycles. The summed E-state index contributed by atoms with van der Waals surface area (Å²) in [4.78, 5) is 32.7. The van der Waals surface area contributed by atoms with Crippen molar-refractivity contribution in [3.63, 3.8) is 0 Å².